The van der Waals surface area contributed by atoms with Gasteiger partial charge in [-0.3, -0.25) is 0 Å². The second-order valence-electron chi connectivity index (χ2n) is 6.39. The molecule has 2 aromatic carbocycles. The molecule has 0 spiro atoms. The molecule has 5 heteroatoms. The molecule has 0 amide bonds. The fourth-order valence-electron chi connectivity index (χ4n) is 3.40. The van der Waals surface area contributed by atoms with E-state index in [0.717, 1.165) is 48.6 Å². The lowest BCUT2D eigenvalue weighted by atomic mass is 10.1. The van der Waals surface area contributed by atoms with Crippen LogP contribution in [-0.2, 0) is 0 Å². The van der Waals surface area contributed by atoms with Crippen LogP contribution in [0.15, 0.2) is 46.9 Å². The van der Waals surface area contributed by atoms with E-state index in [1.165, 1.54) is 0 Å². The Morgan fingerprint density at radius 2 is 1.72 bits per heavy atom. The van der Waals surface area contributed by atoms with Gasteiger partial charge in [-0.05, 0) is 19.2 Å². The van der Waals surface area contributed by atoms with Crippen LogP contribution in [0.25, 0.3) is 22.3 Å². The number of furan rings is 1. The zero-order chi connectivity index (χ0) is 17.4. The fraction of sp³-hybridized carbons (Fsp3) is 0.300. The van der Waals surface area contributed by atoms with E-state index >= 15 is 0 Å². The minimum Gasteiger partial charge on any atom is -0.493 e. The van der Waals surface area contributed by atoms with E-state index in [2.05, 4.69) is 29.0 Å². The number of fused-ring (bicyclic) bond motifs is 1. The van der Waals surface area contributed by atoms with E-state index in [9.17, 15) is 0 Å². The molecular formula is C20H21ClN2O2. The number of ether oxygens (including phenoxy) is 1. The molecule has 0 unspecified atom stereocenters. The Bertz CT molecular complexity index is 884. The molecule has 4 nitrogen and oxygen atoms in total. The summed E-state index contributed by atoms with van der Waals surface area (Å²) >= 11 is 6.59. The average Bonchev–Trinajstić information content (AvgIpc) is 3.05. The number of likely N-dealkylation sites (N-methyl/N-ethyl adjacent to an activating group) is 1. The van der Waals surface area contributed by atoms with Crippen molar-refractivity contribution in [3.8, 4) is 17.1 Å². The first-order valence-corrected chi connectivity index (χ1v) is 8.84. The average molecular weight is 357 g/mol. The molecule has 1 aromatic heterocycles. The van der Waals surface area contributed by atoms with Gasteiger partial charge in [0.25, 0.3) is 0 Å². The molecule has 1 aliphatic rings. The molecule has 1 fully saturated rings. The predicted molar refractivity (Wildman–Crippen MR) is 103 cm³/mol. The van der Waals surface area contributed by atoms with E-state index in [1.54, 1.807) is 7.11 Å². The van der Waals surface area contributed by atoms with E-state index in [4.69, 9.17) is 20.8 Å². The fourth-order valence-corrected chi connectivity index (χ4v) is 3.64. The largest absolute Gasteiger partial charge is 0.493 e. The van der Waals surface area contributed by atoms with Crippen molar-refractivity contribution in [3.05, 3.63) is 47.5 Å². The lowest BCUT2D eigenvalue weighted by molar-refractivity contribution is 0.313. The molecule has 2 heterocycles. The lowest BCUT2D eigenvalue weighted by Gasteiger charge is -2.34. The Morgan fingerprint density at radius 3 is 2.40 bits per heavy atom. The third-order valence-electron chi connectivity index (χ3n) is 4.80. The summed E-state index contributed by atoms with van der Waals surface area (Å²) in [4.78, 5) is 4.71. The van der Waals surface area contributed by atoms with Crippen molar-refractivity contribution < 1.29 is 9.15 Å². The first-order valence-electron chi connectivity index (χ1n) is 8.47. The van der Waals surface area contributed by atoms with Crippen LogP contribution in [0.2, 0.25) is 5.02 Å². The quantitative estimate of drug-likeness (QED) is 0.690. The highest BCUT2D eigenvalue weighted by Crippen LogP contribution is 2.46. The number of methoxy groups -OCH3 is 1. The van der Waals surface area contributed by atoms with Crippen LogP contribution in [0, 0.1) is 0 Å². The zero-order valence-corrected chi connectivity index (χ0v) is 15.2. The molecule has 0 N–H and O–H groups in total. The first-order chi connectivity index (χ1) is 12.2. The smallest absolute Gasteiger partial charge is 0.180 e. The van der Waals surface area contributed by atoms with E-state index in [0.29, 0.717) is 16.4 Å². The minimum absolute atomic E-state index is 0.690. The van der Waals surface area contributed by atoms with Gasteiger partial charge >= 0.3 is 0 Å². The van der Waals surface area contributed by atoms with Gasteiger partial charge in [-0.1, -0.05) is 41.9 Å². The van der Waals surface area contributed by atoms with Gasteiger partial charge in [-0.15, -0.1) is 0 Å². The van der Waals surface area contributed by atoms with Gasteiger partial charge in [0.1, 0.15) is 0 Å². The molecule has 0 atom stereocenters. The summed E-state index contributed by atoms with van der Waals surface area (Å²) in [5.74, 6) is 1.56. The molecule has 0 aliphatic carbocycles. The van der Waals surface area contributed by atoms with Crippen molar-refractivity contribution in [1.29, 1.82) is 0 Å². The predicted octanol–water partition coefficient (Wildman–Crippen LogP) is 4.51. The van der Waals surface area contributed by atoms with Gasteiger partial charge in [0.15, 0.2) is 17.1 Å². The molecule has 25 heavy (non-hydrogen) atoms. The number of piperazine rings is 1. The summed E-state index contributed by atoms with van der Waals surface area (Å²) in [5.41, 5.74) is 2.83. The summed E-state index contributed by atoms with van der Waals surface area (Å²) in [6.07, 6.45) is 0. The molecule has 1 aliphatic heterocycles. The highest BCUT2D eigenvalue weighted by atomic mass is 35.5. The topological polar surface area (TPSA) is 28.9 Å². The number of rotatable bonds is 3. The normalized spacial score (nSPS) is 15.7. The van der Waals surface area contributed by atoms with Crippen molar-refractivity contribution in [2.75, 3.05) is 45.2 Å². The van der Waals surface area contributed by atoms with Gasteiger partial charge in [0.2, 0.25) is 0 Å². The highest BCUT2D eigenvalue weighted by molar-refractivity contribution is 6.37. The van der Waals surface area contributed by atoms with Crippen molar-refractivity contribution >= 4 is 28.3 Å². The van der Waals surface area contributed by atoms with Gasteiger partial charge in [0.05, 0.1) is 23.2 Å². The minimum atomic E-state index is 0.690. The van der Waals surface area contributed by atoms with Crippen LogP contribution in [0.3, 0.4) is 0 Å². The SMILES string of the molecule is COc1ccc(Cl)c2c(N3CCN(C)CC3)c(-c3ccccc3)oc12. The van der Waals surface area contributed by atoms with Gasteiger partial charge < -0.3 is 19.0 Å². The van der Waals surface area contributed by atoms with Crippen LogP contribution in [0.4, 0.5) is 5.69 Å². The molecule has 4 rings (SSSR count). The molecule has 1 saturated heterocycles. The Hall–Kier alpha value is -2.17. The summed E-state index contributed by atoms with van der Waals surface area (Å²) < 4.78 is 11.8. The van der Waals surface area contributed by atoms with Gasteiger partial charge in [-0.2, -0.15) is 0 Å². The number of nitrogens with zero attached hydrogens (tertiary/aromatic N) is 2. The zero-order valence-electron chi connectivity index (χ0n) is 14.5. The second-order valence-corrected chi connectivity index (χ2v) is 6.80. The van der Waals surface area contributed by atoms with Crippen LogP contribution in [0.1, 0.15) is 0 Å². The Kier molecular flexibility index (Phi) is 4.32. The maximum absolute atomic E-state index is 6.59. The lowest BCUT2D eigenvalue weighted by Crippen LogP contribution is -2.44. The van der Waals surface area contributed by atoms with Crippen LogP contribution in [0.5, 0.6) is 5.75 Å². The summed E-state index contributed by atoms with van der Waals surface area (Å²) in [7, 11) is 3.81. The number of hydrogen-bond acceptors (Lipinski definition) is 4. The van der Waals surface area contributed by atoms with Gasteiger partial charge in [0, 0.05) is 31.7 Å². The second kappa shape index (κ2) is 6.62. The molecular weight excluding hydrogens is 336 g/mol. The Balaban J connectivity index is 1.96. The third-order valence-corrected chi connectivity index (χ3v) is 5.12. The number of anilines is 1. The Morgan fingerprint density at radius 1 is 1.00 bits per heavy atom. The van der Waals surface area contributed by atoms with Crippen molar-refractivity contribution in [2.24, 2.45) is 0 Å². The maximum atomic E-state index is 6.59. The number of hydrogen-bond donors (Lipinski definition) is 0. The van der Waals surface area contributed by atoms with E-state index in [-0.39, 0.29) is 0 Å². The van der Waals surface area contributed by atoms with Crippen molar-refractivity contribution in [1.82, 2.24) is 4.90 Å². The molecule has 3 aromatic rings. The molecule has 0 saturated carbocycles. The number of benzene rings is 2. The standard InChI is InChI=1S/C20H21ClN2O2/c1-22-10-12-23(13-11-22)18-17-15(21)8-9-16(24-2)20(17)25-19(18)14-6-4-3-5-7-14/h3-9H,10-13H2,1-2H3. The van der Waals surface area contributed by atoms with Crippen LogP contribution in [-0.4, -0.2) is 45.2 Å². The maximum Gasteiger partial charge on any atom is 0.180 e. The van der Waals surface area contributed by atoms with Crippen LogP contribution >= 0.6 is 11.6 Å². The van der Waals surface area contributed by atoms with Crippen molar-refractivity contribution in [2.45, 2.75) is 0 Å². The monoisotopic (exact) mass is 356 g/mol. The van der Waals surface area contributed by atoms with Gasteiger partial charge in [-0.25, -0.2) is 0 Å². The molecule has 130 valence electrons. The summed E-state index contributed by atoms with van der Waals surface area (Å²) in [6, 6.07) is 13.9. The molecule has 0 bridgehead atoms. The van der Waals surface area contributed by atoms with E-state index in [1.807, 2.05) is 30.3 Å². The summed E-state index contributed by atoms with van der Waals surface area (Å²) in [6.45, 7) is 3.92. The first kappa shape index (κ1) is 16.3. The molecule has 0 radical (unpaired) electrons. The van der Waals surface area contributed by atoms with E-state index < -0.39 is 0 Å². The number of halogens is 1. The third kappa shape index (κ3) is 2.86. The van der Waals surface area contributed by atoms with Crippen molar-refractivity contribution in [3.63, 3.8) is 0 Å². The summed E-state index contributed by atoms with van der Waals surface area (Å²) in [5, 5.41) is 1.63. The highest BCUT2D eigenvalue weighted by Gasteiger charge is 2.27. The van der Waals surface area contributed by atoms with Crippen LogP contribution < -0.4 is 9.64 Å². The Labute approximate surface area is 152 Å².